The molecule has 4 nitrogen and oxygen atoms in total. The zero-order valence-electron chi connectivity index (χ0n) is 11.3. The number of thiol groups is 1. The Balaban J connectivity index is 2.24. The summed E-state index contributed by atoms with van der Waals surface area (Å²) in [5, 5.41) is 19.2. The first-order chi connectivity index (χ1) is 10.3. The van der Waals surface area contributed by atoms with Crippen LogP contribution in [0.15, 0.2) is 40.8 Å². The van der Waals surface area contributed by atoms with Gasteiger partial charge < -0.3 is 14.6 Å². The van der Waals surface area contributed by atoms with Crippen molar-refractivity contribution in [2.24, 2.45) is 0 Å². The van der Waals surface area contributed by atoms with E-state index in [0.29, 0.717) is 33.9 Å². The van der Waals surface area contributed by atoms with Crippen molar-refractivity contribution in [3.63, 3.8) is 0 Å². The van der Waals surface area contributed by atoms with Crippen LogP contribution in [-0.4, -0.2) is 15.2 Å². The summed E-state index contributed by atoms with van der Waals surface area (Å²) in [5.74, 6) is 0.948. The molecule has 108 valence electrons. The lowest BCUT2D eigenvalue weighted by Crippen LogP contribution is -1.99. The Morgan fingerprint density at radius 2 is 1.71 bits per heavy atom. The van der Waals surface area contributed by atoms with E-state index in [4.69, 9.17) is 4.42 Å². The Labute approximate surface area is 127 Å². The second kappa shape index (κ2) is 5.89. The smallest absolute Gasteiger partial charge is 0.228 e. The molecular weight excluding hydrogens is 286 g/mol. The Morgan fingerprint density at radius 3 is 2.29 bits per heavy atom. The molecule has 0 bridgehead atoms. The Kier molecular flexibility index (Phi) is 3.96. The molecular formula is C16H15NO3S. The molecule has 0 atom stereocenters. The van der Waals surface area contributed by atoms with Gasteiger partial charge in [-0.1, -0.05) is 24.3 Å². The second-order valence-corrected chi connectivity index (χ2v) is 5.07. The molecule has 0 aliphatic carbocycles. The maximum absolute atomic E-state index is 9.62. The van der Waals surface area contributed by atoms with Crippen LogP contribution >= 0.6 is 12.6 Å². The number of hydrogen-bond donors (Lipinski definition) is 3. The van der Waals surface area contributed by atoms with Crippen molar-refractivity contribution in [1.82, 2.24) is 4.98 Å². The third-order valence-electron chi connectivity index (χ3n) is 3.39. The van der Waals surface area contributed by atoms with E-state index in [1.165, 1.54) is 0 Å². The van der Waals surface area contributed by atoms with Crippen LogP contribution in [0.3, 0.4) is 0 Å². The van der Waals surface area contributed by atoms with Gasteiger partial charge in [-0.15, -0.1) is 0 Å². The van der Waals surface area contributed by atoms with Gasteiger partial charge in [0, 0.05) is 11.3 Å². The van der Waals surface area contributed by atoms with Crippen LogP contribution in [0.25, 0.3) is 22.6 Å². The molecule has 0 amide bonds. The summed E-state index contributed by atoms with van der Waals surface area (Å²) in [6.07, 6.45) is 0. The zero-order chi connectivity index (χ0) is 14.8. The van der Waals surface area contributed by atoms with E-state index < -0.39 is 0 Å². The first-order valence-electron chi connectivity index (χ1n) is 6.60. The first-order valence-corrected chi connectivity index (χ1v) is 7.23. The second-order valence-electron chi connectivity index (χ2n) is 4.75. The fraction of sp³-hybridized carbons (Fsp3) is 0.188. The summed E-state index contributed by atoms with van der Waals surface area (Å²) in [5.41, 5.74) is 4.37. The highest BCUT2D eigenvalue weighted by atomic mass is 32.1. The molecule has 0 aliphatic rings. The molecule has 2 aromatic carbocycles. The molecule has 0 aliphatic heterocycles. The summed E-state index contributed by atoms with van der Waals surface area (Å²) in [7, 11) is 0. The normalized spacial score (nSPS) is 11.2. The lowest BCUT2D eigenvalue weighted by atomic mass is 9.98. The van der Waals surface area contributed by atoms with Gasteiger partial charge in [0.1, 0.15) is 5.52 Å². The number of para-hydroxylation sites is 2. The number of aromatic nitrogens is 1. The van der Waals surface area contributed by atoms with Crippen molar-refractivity contribution >= 4 is 23.7 Å². The highest BCUT2D eigenvalue weighted by molar-refractivity contribution is 7.79. The minimum absolute atomic E-state index is 0.150. The minimum Gasteiger partial charge on any atom is -0.436 e. The average molecular weight is 301 g/mol. The van der Waals surface area contributed by atoms with Crippen molar-refractivity contribution in [3.05, 3.63) is 53.1 Å². The predicted octanol–water partition coefficient (Wildman–Crippen LogP) is 2.91. The first kappa shape index (κ1) is 14.1. The molecule has 1 heterocycles. The number of fused-ring (bicyclic) bond motifs is 1. The molecule has 1 aromatic heterocycles. The lowest BCUT2D eigenvalue weighted by Gasteiger charge is -2.11. The van der Waals surface area contributed by atoms with Crippen LogP contribution in [-0.2, 0) is 19.0 Å². The van der Waals surface area contributed by atoms with Crippen molar-refractivity contribution < 1.29 is 14.6 Å². The monoisotopic (exact) mass is 301 g/mol. The minimum atomic E-state index is -0.150. The third kappa shape index (κ3) is 2.55. The largest absolute Gasteiger partial charge is 0.436 e. The maximum Gasteiger partial charge on any atom is 0.228 e. The SMILES string of the molecule is OCc1cc(CS)cc(CO)c1-c1nc2ccccc2o1. The van der Waals surface area contributed by atoms with Gasteiger partial charge in [-0.2, -0.15) is 12.6 Å². The maximum atomic E-state index is 9.62. The van der Waals surface area contributed by atoms with Crippen LogP contribution in [0.5, 0.6) is 0 Å². The van der Waals surface area contributed by atoms with Crippen LogP contribution in [0, 0.1) is 0 Å². The quantitative estimate of drug-likeness (QED) is 0.648. The van der Waals surface area contributed by atoms with Gasteiger partial charge in [-0.05, 0) is 28.8 Å². The fourth-order valence-corrected chi connectivity index (χ4v) is 2.62. The van der Waals surface area contributed by atoms with Crippen molar-refractivity contribution in [1.29, 1.82) is 0 Å². The Hall–Kier alpha value is -1.82. The van der Waals surface area contributed by atoms with Gasteiger partial charge in [0.05, 0.1) is 13.2 Å². The van der Waals surface area contributed by atoms with Crippen LogP contribution < -0.4 is 0 Å². The molecule has 5 heteroatoms. The van der Waals surface area contributed by atoms with Gasteiger partial charge in [-0.25, -0.2) is 4.98 Å². The topological polar surface area (TPSA) is 66.5 Å². The molecule has 2 N–H and O–H groups in total. The van der Waals surface area contributed by atoms with Crippen molar-refractivity contribution in [2.75, 3.05) is 0 Å². The highest BCUT2D eigenvalue weighted by Gasteiger charge is 2.17. The van der Waals surface area contributed by atoms with E-state index in [9.17, 15) is 10.2 Å². The molecule has 21 heavy (non-hydrogen) atoms. The van der Waals surface area contributed by atoms with E-state index in [2.05, 4.69) is 17.6 Å². The summed E-state index contributed by atoms with van der Waals surface area (Å²) in [6.45, 7) is -0.300. The molecule has 0 saturated carbocycles. The molecule has 0 radical (unpaired) electrons. The number of hydrogen-bond acceptors (Lipinski definition) is 5. The molecule has 0 unspecified atom stereocenters. The van der Waals surface area contributed by atoms with Gasteiger partial charge in [0.2, 0.25) is 5.89 Å². The number of oxazole rings is 1. The van der Waals surface area contributed by atoms with Crippen molar-refractivity contribution in [2.45, 2.75) is 19.0 Å². The van der Waals surface area contributed by atoms with E-state index in [1.54, 1.807) is 0 Å². The van der Waals surface area contributed by atoms with Gasteiger partial charge in [0.25, 0.3) is 0 Å². The third-order valence-corrected chi connectivity index (χ3v) is 3.76. The van der Waals surface area contributed by atoms with E-state index >= 15 is 0 Å². The Bertz CT molecular complexity index is 724. The Morgan fingerprint density at radius 1 is 1.05 bits per heavy atom. The summed E-state index contributed by atoms with van der Waals surface area (Å²) >= 11 is 4.24. The van der Waals surface area contributed by atoms with Crippen LogP contribution in [0.4, 0.5) is 0 Å². The number of benzene rings is 2. The van der Waals surface area contributed by atoms with Crippen LogP contribution in [0.2, 0.25) is 0 Å². The molecule has 0 spiro atoms. The molecule has 0 saturated heterocycles. The molecule has 0 fully saturated rings. The van der Waals surface area contributed by atoms with E-state index in [1.807, 2.05) is 36.4 Å². The van der Waals surface area contributed by atoms with Crippen molar-refractivity contribution in [3.8, 4) is 11.5 Å². The molecule has 3 aromatic rings. The van der Waals surface area contributed by atoms with E-state index in [0.717, 1.165) is 11.1 Å². The zero-order valence-corrected chi connectivity index (χ0v) is 12.2. The van der Waals surface area contributed by atoms with Gasteiger partial charge in [-0.3, -0.25) is 0 Å². The summed E-state index contributed by atoms with van der Waals surface area (Å²) in [6, 6.07) is 11.2. The van der Waals surface area contributed by atoms with Crippen LogP contribution in [0.1, 0.15) is 16.7 Å². The van der Waals surface area contributed by atoms with Gasteiger partial charge >= 0.3 is 0 Å². The highest BCUT2D eigenvalue weighted by Crippen LogP contribution is 2.32. The standard InChI is InChI=1S/C16H15NO3S/c18-7-11-5-10(9-21)6-12(8-19)15(11)16-17-13-3-1-2-4-14(13)20-16/h1-6,18-19,21H,7-9H2. The summed E-state index contributed by atoms with van der Waals surface area (Å²) in [4.78, 5) is 4.45. The molecule has 3 rings (SSSR count). The van der Waals surface area contributed by atoms with Gasteiger partial charge in [0.15, 0.2) is 5.58 Å². The number of rotatable bonds is 4. The number of aliphatic hydroxyl groups excluding tert-OH is 2. The van der Waals surface area contributed by atoms with E-state index in [-0.39, 0.29) is 13.2 Å². The lowest BCUT2D eigenvalue weighted by molar-refractivity contribution is 0.275. The number of aliphatic hydroxyl groups is 2. The average Bonchev–Trinajstić information content (AvgIpc) is 2.96. The summed E-state index contributed by atoms with van der Waals surface area (Å²) < 4.78 is 5.76. The number of nitrogens with zero attached hydrogens (tertiary/aromatic N) is 1. The predicted molar refractivity (Wildman–Crippen MR) is 84.0 cm³/mol. The fourth-order valence-electron chi connectivity index (χ4n) is 2.43.